The zero-order valence-electron chi connectivity index (χ0n) is 41.1. The van der Waals surface area contributed by atoms with Crippen LogP contribution in [0.3, 0.4) is 0 Å². The van der Waals surface area contributed by atoms with Gasteiger partial charge in [0.15, 0.2) is 0 Å². The van der Waals surface area contributed by atoms with Gasteiger partial charge in [0.25, 0.3) is 0 Å². The number of Topliss-reactive ketones (excluding diaryl/α,β-unsaturated/α-hetero) is 2. The summed E-state index contributed by atoms with van der Waals surface area (Å²) in [5.41, 5.74) is 9.78. The number of aryl methyl sites for hydroxylation is 6. The average molecular weight is 899 g/mol. The number of esters is 1. The Morgan fingerprint density at radius 2 is 1.11 bits per heavy atom. The molecule has 66 heavy (non-hydrogen) atoms. The molecule has 12 heteroatoms. The van der Waals surface area contributed by atoms with Gasteiger partial charge in [0, 0.05) is 73.6 Å². The number of rotatable bonds is 21. The van der Waals surface area contributed by atoms with Crippen molar-refractivity contribution in [3.63, 3.8) is 0 Å². The molecule has 2 aliphatic rings. The minimum Gasteiger partial charge on any atom is -0.870 e. The molecular weight excluding hydrogens is 828 g/mol. The number of aromatic nitrogens is 2. The van der Waals surface area contributed by atoms with Crippen LogP contribution in [0.25, 0.3) is 12.2 Å². The molecule has 2 aromatic carbocycles. The maximum Gasteiger partial charge on any atom is 1.00 e. The summed E-state index contributed by atoms with van der Waals surface area (Å²) in [6.07, 6.45) is 15.1. The molecule has 4 aromatic rings. The maximum absolute atomic E-state index is 12.7. The van der Waals surface area contributed by atoms with E-state index in [9.17, 15) is 19.2 Å². The molecule has 0 saturated heterocycles. The molecule has 2 fully saturated rings. The normalized spacial score (nSPS) is 17.7. The first-order valence-electron chi connectivity index (χ1n) is 23.4. The molecule has 352 valence electrons. The molecule has 0 radical (unpaired) electrons. The van der Waals surface area contributed by atoms with Crippen LogP contribution in [0.15, 0.2) is 57.6 Å². The molecule has 0 spiro atoms. The molecule has 2 N–H and O–H groups in total. The van der Waals surface area contributed by atoms with E-state index in [1.54, 1.807) is 19.1 Å². The van der Waals surface area contributed by atoms with Gasteiger partial charge in [0.2, 0.25) is 0 Å². The van der Waals surface area contributed by atoms with Crippen LogP contribution in [-0.4, -0.2) is 51.0 Å². The van der Waals surface area contributed by atoms with Crippen molar-refractivity contribution in [3.05, 3.63) is 116 Å². The van der Waals surface area contributed by atoms with Crippen molar-refractivity contribution in [2.24, 2.45) is 23.7 Å². The topological polar surface area (TPSA) is 180 Å². The number of hydrogen-bond acceptors (Lipinski definition) is 10. The van der Waals surface area contributed by atoms with Crippen molar-refractivity contribution in [1.29, 1.82) is 0 Å². The van der Waals surface area contributed by atoms with E-state index in [1.165, 1.54) is 30.0 Å². The van der Waals surface area contributed by atoms with E-state index >= 15 is 0 Å². The average Bonchev–Trinajstić information content (AvgIpc) is 3.79. The number of ketones is 2. The Hall–Kier alpha value is -4.82. The summed E-state index contributed by atoms with van der Waals surface area (Å²) in [5, 5.41) is 17.6. The minimum atomic E-state index is -1.00. The molecule has 0 unspecified atom stereocenters. The van der Waals surface area contributed by atoms with Gasteiger partial charge in [0.1, 0.15) is 23.1 Å². The molecule has 0 atom stereocenters. The zero-order chi connectivity index (χ0) is 46.5. The van der Waals surface area contributed by atoms with Crippen LogP contribution in [-0.2, 0) is 49.6 Å². The van der Waals surface area contributed by atoms with E-state index in [2.05, 4.69) is 57.1 Å². The Morgan fingerprint density at radius 3 is 1.47 bits per heavy atom. The van der Waals surface area contributed by atoms with Gasteiger partial charge >= 0.3 is 30.8 Å². The minimum absolute atomic E-state index is 0. The molecule has 11 nitrogen and oxygen atoms in total. The first-order chi connectivity index (χ1) is 30.5. The van der Waals surface area contributed by atoms with Gasteiger partial charge < -0.3 is 24.4 Å². The second-order valence-electron chi connectivity index (χ2n) is 19.2. The number of nitrogens with zero attached hydrogens (tertiary/aromatic N) is 2. The second-order valence-corrected chi connectivity index (χ2v) is 19.2. The van der Waals surface area contributed by atoms with Crippen LogP contribution in [0.2, 0.25) is 0 Å². The summed E-state index contributed by atoms with van der Waals surface area (Å²) < 4.78 is 16.5. The van der Waals surface area contributed by atoms with Crippen LogP contribution < -0.4 is 18.9 Å². The summed E-state index contributed by atoms with van der Waals surface area (Å²) in [6, 6.07) is 12.3. The van der Waals surface area contributed by atoms with Crippen LogP contribution in [0.4, 0.5) is 0 Å². The summed E-state index contributed by atoms with van der Waals surface area (Å²) >= 11 is 0. The number of carboxylic acid groups (broad SMARTS) is 1. The largest absolute Gasteiger partial charge is 1.00 e. The Kier molecular flexibility index (Phi) is 22.3. The van der Waals surface area contributed by atoms with Crippen molar-refractivity contribution in [2.75, 3.05) is 6.61 Å². The molecule has 6 rings (SSSR count). The number of carbonyl (C=O) groups is 4. The van der Waals surface area contributed by atoms with E-state index in [4.69, 9.17) is 18.9 Å². The molecule has 0 aliphatic heterocycles. The first kappa shape index (κ1) is 55.5. The maximum atomic E-state index is 12.7. The number of hydrogen-bond donors (Lipinski definition) is 1. The van der Waals surface area contributed by atoms with Crippen LogP contribution in [0.1, 0.15) is 165 Å². The third-order valence-electron chi connectivity index (χ3n) is 12.6. The smallest absolute Gasteiger partial charge is 0.870 e. The Balaban J connectivity index is 0.000000341. The van der Waals surface area contributed by atoms with Crippen molar-refractivity contribution in [3.8, 4) is 0 Å². The van der Waals surface area contributed by atoms with Crippen molar-refractivity contribution in [2.45, 2.75) is 151 Å². The summed E-state index contributed by atoms with van der Waals surface area (Å²) in [6.45, 7) is 19.3. The van der Waals surface area contributed by atoms with Gasteiger partial charge in [0.05, 0.1) is 18.0 Å². The number of aliphatic carboxylic acids is 1. The van der Waals surface area contributed by atoms with Crippen molar-refractivity contribution >= 4 is 35.7 Å². The standard InChI is InChI=1S/C28H37NO4.C26H33NO4.Li.H2O/c1-6-32-27(31)12-10-25-26(29-33-28(25)23-15-21(16-23)13-18(2)3)11-9-24(30)17-22-8-7-19(4)14-20(22)5;1-16(2)11-19-13-21(14-19)26-23(8-10-25(29)30)24(27-31-26)9-7-22(28)15-20-6-5-17(3)12-18(20)4;;/h7-8,10,12,14,18,21,23H,6,9,11,13,15-17H2,1-5H3;5-6,8,10,12,16,19,21H,7,9,11,13-15H2,1-4H3,(H,29,30);;1H2/q;;+1;/p-1/b12-10+;10-8+;;. The Labute approximate surface area is 404 Å². The molecule has 0 amide bonds. The van der Waals surface area contributed by atoms with Crippen molar-refractivity contribution in [1.82, 2.24) is 10.3 Å². The van der Waals surface area contributed by atoms with Crippen molar-refractivity contribution < 1.29 is 62.4 Å². The zero-order valence-corrected chi connectivity index (χ0v) is 41.1. The molecule has 2 saturated carbocycles. The fourth-order valence-corrected chi connectivity index (χ4v) is 9.32. The third-order valence-corrected chi connectivity index (χ3v) is 12.6. The predicted octanol–water partition coefficient (Wildman–Crippen LogP) is 8.65. The van der Waals surface area contributed by atoms with E-state index < -0.39 is 5.97 Å². The number of carboxylic acids is 1. The summed E-state index contributed by atoms with van der Waals surface area (Å²) in [7, 11) is 0. The first-order valence-corrected chi connectivity index (χ1v) is 23.4. The van der Waals surface area contributed by atoms with E-state index in [0.717, 1.165) is 82.4 Å². The third kappa shape index (κ3) is 16.5. The second kappa shape index (κ2) is 26.5. The Morgan fingerprint density at radius 1 is 0.697 bits per heavy atom. The molecule has 2 heterocycles. The van der Waals surface area contributed by atoms with Gasteiger partial charge in [-0.1, -0.05) is 85.5 Å². The van der Waals surface area contributed by atoms with E-state index in [1.807, 2.05) is 45.0 Å². The molecular formula is C54H71LiN2O9. The van der Waals surface area contributed by atoms with E-state index in [-0.39, 0.29) is 47.8 Å². The number of benzene rings is 2. The predicted molar refractivity (Wildman–Crippen MR) is 253 cm³/mol. The SMILES string of the molecule is CCOC(=O)/C=C/c1c(CCC(=O)Cc2ccc(C)cc2C)noc1C1CC(CC(C)C)C1.Cc1ccc(CC(=O)CCc2noc(C3CC(CC(C)C)C3)c2/C=C/C(=O)O)c(C)c1.[Li+].[OH-]. The Bertz CT molecular complexity index is 2290. The van der Waals surface area contributed by atoms with Gasteiger partial charge in [-0.2, -0.15) is 0 Å². The van der Waals surface area contributed by atoms with Crippen LogP contribution >= 0.6 is 0 Å². The fraction of sp³-hybridized carbons (Fsp3) is 0.519. The van der Waals surface area contributed by atoms with Gasteiger partial charge in [-0.15, -0.1) is 0 Å². The molecule has 2 aromatic heterocycles. The van der Waals surface area contributed by atoms with E-state index in [0.29, 0.717) is 80.4 Å². The number of ether oxygens (including phenoxy) is 1. The van der Waals surface area contributed by atoms with Gasteiger partial charge in [-0.05, 0) is 131 Å². The fourth-order valence-electron chi connectivity index (χ4n) is 9.32. The van der Waals surface area contributed by atoms with Gasteiger partial charge in [-0.25, -0.2) is 9.59 Å². The van der Waals surface area contributed by atoms with Crippen LogP contribution in [0.5, 0.6) is 0 Å². The monoisotopic (exact) mass is 899 g/mol. The molecule has 0 bridgehead atoms. The number of carbonyl (C=O) groups excluding carboxylic acids is 3. The summed E-state index contributed by atoms with van der Waals surface area (Å²) in [4.78, 5) is 48.2. The quantitative estimate of drug-likeness (QED) is 0.0481. The summed E-state index contributed by atoms with van der Waals surface area (Å²) in [5.74, 6) is 3.91. The van der Waals surface area contributed by atoms with Crippen LogP contribution in [0, 0.1) is 51.4 Å². The molecule has 2 aliphatic carbocycles. The van der Waals surface area contributed by atoms with Gasteiger partial charge in [-0.3, -0.25) is 9.59 Å².